The number of halogens is 3. The SMILES string of the molecule is O=S(=O)(Cl)CC(F)(F)c1ccc(O)cc1. The standard InChI is InChI=1S/C8H7ClF2O3S/c9-15(13,14)5-8(10,11)6-1-3-7(12)4-2-6/h1-4,12H,5H2. The van der Waals surface area contributed by atoms with E-state index in [1.807, 2.05) is 0 Å². The van der Waals surface area contributed by atoms with Crippen LogP contribution in [0, 0.1) is 0 Å². The van der Waals surface area contributed by atoms with Gasteiger partial charge in [0.25, 0.3) is 5.92 Å². The molecule has 84 valence electrons. The Bertz CT molecular complexity index is 441. The lowest BCUT2D eigenvalue weighted by molar-refractivity contribution is 0.0217. The Morgan fingerprint density at radius 2 is 1.73 bits per heavy atom. The van der Waals surface area contributed by atoms with Crippen LogP contribution in [0.1, 0.15) is 5.56 Å². The molecule has 0 saturated carbocycles. The van der Waals surface area contributed by atoms with Crippen LogP contribution in [0.25, 0.3) is 0 Å². The third kappa shape index (κ3) is 3.64. The van der Waals surface area contributed by atoms with Gasteiger partial charge in [-0.05, 0) is 24.3 Å². The summed E-state index contributed by atoms with van der Waals surface area (Å²) >= 11 is 0. The molecule has 0 bridgehead atoms. The van der Waals surface area contributed by atoms with Crippen molar-refractivity contribution in [1.29, 1.82) is 0 Å². The Morgan fingerprint density at radius 3 is 2.13 bits per heavy atom. The highest BCUT2D eigenvalue weighted by atomic mass is 35.7. The van der Waals surface area contributed by atoms with Gasteiger partial charge in [0.2, 0.25) is 9.05 Å². The molecule has 1 rings (SSSR count). The van der Waals surface area contributed by atoms with Gasteiger partial charge in [0.15, 0.2) is 0 Å². The second-order valence-electron chi connectivity index (χ2n) is 2.93. The van der Waals surface area contributed by atoms with Gasteiger partial charge in [-0.2, -0.15) is 0 Å². The van der Waals surface area contributed by atoms with Crippen LogP contribution in [0.4, 0.5) is 8.78 Å². The maximum Gasteiger partial charge on any atom is 0.288 e. The first-order valence-electron chi connectivity index (χ1n) is 3.80. The van der Waals surface area contributed by atoms with E-state index in [9.17, 15) is 17.2 Å². The molecular weight excluding hydrogens is 250 g/mol. The molecule has 0 heterocycles. The molecule has 7 heteroatoms. The van der Waals surface area contributed by atoms with E-state index in [0.29, 0.717) is 0 Å². The molecule has 0 saturated heterocycles. The highest BCUT2D eigenvalue weighted by Gasteiger charge is 2.36. The molecule has 0 atom stereocenters. The van der Waals surface area contributed by atoms with Crippen LogP contribution < -0.4 is 0 Å². The van der Waals surface area contributed by atoms with E-state index >= 15 is 0 Å². The third-order valence-electron chi connectivity index (χ3n) is 1.64. The maximum absolute atomic E-state index is 13.2. The number of phenolic OH excluding ortho intramolecular Hbond substituents is 1. The summed E-state index contributed by atoms with van der Waals surface area (Å²) < 4.78 is 47.5. The van der Waals surface area contributed by atoms with Gasteiger partial charge in [-0.25, -0.2) is 17.2 Å². The van der Waals surface area contributed by atoms with Gasteiger partial charge in [-0.15, -0.1) is 0 Å². The van der Waals surface area contributed by atoms with E-state index in [0.717, 1.165) is 24.3 Å². The van der Waals surface area contributed by atoms with Crippen molar-refractivity contribution in [2.24, 2.45) is 0 Å². The molecule has 15 heavy (non-hydrogen) atoms. The van der Waals surface area contributed by atoms with Crippen LogP contribution >= 0.6 is 10.7 Å². The molecule has 1 aromatic rings. The summed E-state index contributed by atoms with van der Waals surface area (Å²) in [6.45, 7) is 0. The zero-order chi connectivity index (χ0) is 11.7. The lowest BCUT2D eigenvalue weighted by atomic mass is 10.1. The van der Waals surface area contributed by atoms with E-state index in [2.05, 4.69) is 0 Å². The molecule has 0 radical (unpaired) electrons. The normalized spacial score (nSPS) is 12.7. The number of hydrogen-bond acceptors (Lipinski definition) is 3. The van der Waals surface area contributed by atoms with E-state index in [1.165, 1.54) is 0 Å². The van der Waals surface area contributed by atoms with Gasteiger partial charge in [-0.3, -0.25) is 0 Å². The Morgan fingerprint density at radius 1 is 1.27 bits per heavy atom. The van der Waals surface area contributed by atoms with Crippen molar-refractivity contribution in [2.75, 3.05) is 5.75 Å². The zero-order valence-electron chi connectivity index (χ0n) is 7.32. The van der Waals surface area contributed by atoms with Crippen molar-refractivity contribution in [2.45, 2.75) is 5.92 Å². The number of aromatic hydroxyl groups is 1. The fourth-order valence-corrected chi connectivity index (χ4v) is 2.02. The van der Waals surface area contributed by atoms with Crippen LogP contribution in [0.15, 0.2) is 24.3 Å². The summed E-state index contributed by atoms with van der Waals surface area (Å²) in [6.07, 6.45) is 0. The maximum atomic E-state index is 13.2. The largest absolute Gasteiger partial charge is 0.508 e. The number of rotatable bonds is 3. The van der Waals surface area contributed by atoms with Crippen LogP contribution in [-0.2, 0) is 15.0 Å². The van der Waals surface area contributed by atoms with Crippen LogP contribution in [0.2, 0.25) is 0 Å². The van der Waals surface area contributed by atoms with Gasteiger partial charge in [0.1, 0.15) is 11.5 Å². The summed E-state index contributed by atoms with van der Waals surface area (Å²) in [6, 6.07) is 3.98. The molecule has 0 spiro atoms. The third-order valence-corrected chi connectivity index (χ3v) is 2.68. The Labute approximate surface area is 89.7 Å². The lowest BCUT2D eigenvalue weighted by Crippen LogP contribution is -2.22. The molecule has 0 aliphatic rings. The van der Waals surface area contributed by atoms with Crippen molar-refractivity contribution in [3.05, 3.63) is 29.8 Å². The minimum Gasteiger partial charge on any atom is -0.508 e. The minimum absolute atomic E-state index is 0.178. The summed E-state index contributed by atoms with van der Waals surface area (Å²) in [7, 11) is 0.461. The van der Waals surface area contributed by atoms with Gasteiger partial charge in [-0.1, -0.05) is 0 Å². The second kappa shape index (κ2) is 3.94. The molecule has 0 amide bonds. The molecule has 1 N–H and O–H groups in total. The molecule has 0 unspecified atom stereocenters. The first-order chi connectivity index (χ1) is 6.71. The predicted octanol–water partition coefficient (Wildman–Crippen LogP) is 2.05. The van der Waals surface area contributed by atoms with E-state index < -0.39 is 26.3 Å². The molecular formula is C8H7ClF2O3S. The average molecular weight is 257 g/mol. The van der Waals surface area contributed by atoms with Gasteiger partial charge < -0.3 is 5.11 Å². The monoisotopic (exact) mass is 256 g/mol. The smallest absolute Gasteiger partial charge is 0.288 e. The first-order valence-corrected chi connectivity index (χ1v) is 6.28. The van der Waals surface area contributed by atoms with E-state index in [1.54, 1.807) is 0 Å². The number of alkyl halides is 2. The zero-order valence-corrected chi connectivity index (χ0v) is 8.89. The minimum atomic E-state index is -4.28. The Balaban J connectivity index is 3.00. The molecule has 1 aromatic carbocycles. The fourth-order valence-electron chi connectivity index (χ4n) is 1.01. The van der Waals surface area contributed by atoms with Crippen molar-refractivity contribution < 1.29 is 22.3 Å². The van der Waals surface area contributed by atoms with Crippen molar-refractivity contribution in [3.8, 4) is 5.75 Å². The summed E-state index contributed by atoms with van der Waals surface area (Å²) in [5.74, 6) is -5.20. The van der Waals surface area contributed by atoms with E-state index in [-0.39, 0.29) is 5.75 Å². The summed E-state index contributed by atoms with van der Waals surface area (Å²) in [4.78, 5) is 0. The summed E-state index contributed by atoms with van der Waals surface area (Å²) in [5.41, 5.74) is -0.510. The van der Waals surface area contributed by atoms with Crippen molar-refractivity contribution in [3.63, 3.8) is 0 Å². The Kier molecular flexibility index (Phi) is 3.20. The fraction of sp³-hybridized carbons (Fsp3) is 0.250. The van der Waals surface area contributed by atoms with Crippen LogP contribution in [0.3, 0.4) is 0 Å². The van der Waals surface area contributed by atoms with Crippen molar-refractivity contribution >= 4 is 19.7 Å². The van der Waals surface area contributed by atoms with Gasteiger partial charge in [0, 0.05) is 16.2 Å². The molecule has 3 nitrogen and oxygen atoms in total. The van der Waals surface area contributed by atoms with Crippen LogP contribution in [0.5, 0.6) is 5.75 Å². The highest BCUT2D eigenvalue weighted by molar-refractivity contribution is 8.13. The number of benzene rings is 1. The van der Waals surface area contributed by atoms with Gasteiger partial charge >= 0.3 is 0 Å². The first kappa shape index (κ1) is 12.2. The molecule has 0 aromatic heterocycles. The molecule has 0 fully saturated rings. The number of hydrogen-bond donors (Lipinski definition) is 1. The average Bonchev–Trinajstić information content (AvgIpc) is 2.00. The second-order valence-corrected chi connectivity index (χ2v) is 5.71. The number of phenols is 1. The van der Waals surface area contributed by atoms with Crippen molar-refractivity contribution in [1.82, 2.24) is 0 Å². The van der Waals surface area contributed by atoms with E-state index in [4.69, 9.17) is 15.8 Å². The topological polar surface area (TPSA) is 54.4 Å². The quantitative estimate of drug-likeness (QED) is 0.842. The van der Waals surface area contributed by atoms with Gasteiger partial charge in [0.05, 0.1) is 0 Å². The predicted molar refractivity (Wildman–Crippen MR) is 51.6 cm³/mol. The summed E-state index contributed by atoms with van der Waals surface area (Å²) in [5, 5.41) is 8.87. The highest BCUT2D eigenvalue weighted by Crippen LogP contribution is 2.31. The van der Waals surface area contributed by atoms with Crippen LogP contribution in [-0.4, -0.2) is 19.3 Å². The molecule has 0 aliphatic carbocycles. The molecule has 0 aliphatic heterocycles. The lowest BCUT2D eigenvalue weighted by Gasteiger charge is -2.14. The Hall–Kier alpha value is -0.880.